The van der Waals surface area contributed by atoms with E-state index >= 15 is 0 Å². The molecule has 4 aromatic carbocycles. The topological polar surface area (TPSA) is 55.4 Å². The van der Waals surface area contributed by atoms with E-state index in [-0.39, 0.29) is 18.5 Å². The van der Waals surface area contributed by atoms with Crippen molar-refractivity contribution in [2.24, 2.45) is 0 Å². The minimum absolute atomic E-state index is 0.0674. The summed E-state index contributed by atoms with van der Waals surface area (Å²) in [5, 5.41) is 0.0674. The molecule has 1 aliphatic heterocycles. The first-order valence-corrected chi connectivity index (χ1v) is 14.6. The molecule has 1 heterocycles. The second-order valence-electron chi connectivity index (χ2n) is 10.1. The Morgan fingerprint density at radius 1 is 0.476 bits per heavy atom. The third-order valence-electron chi connectivity index (χ3n) is 6.92. The molecule has 7 heteroatoms. The lowest BCUT2D eigenvalue weighted by Gasteiger charge is -2.30. The van der Waals surface area contributed by atoms with E-state index in [4.69, 9.17) is 40.6 Å². The fourth-order valence-electron chi connectivity index (χ4n) is 4.72. The van der Waals surface area contributed by atoms with Crippen LogP contribution in [0.25, 0.3) is 0 Å². The number of hydrogen-bond acceptors (Lipinski definition) is 7. The first kappa shape index (κ1) is 29.9. The first-order chi connectivity index (χ1) is 20.7. The van der Waals surface area contributed by atoms with Crippen molar-refractivity contribution in [3.05, 3.63) is 144 Å². The Morgan fingerprint density at radius 3 is 1.12 bits per heavy atom. The van der Waals surface area contributed by atoms with Crippen molar-refractivity contribution >= 4 is 17.5 Å². The van der Waals surface area contributed by atoms with Crippen molar-refractivity contribution in [1.29, 1.82) is 0 Å². The van der Waals surface area contributed by atoms with Gasteiger partial charge in [0, 0.05) is 12.2 Å². The molecule has 5 rings (SSSR count). The van der Waals surface area contributed by atoms with Gasteiger partial charge in [0.15, 0.2) is 12.2 Å². The summed E-state index contributed by atoms with van der Waals surface area (Å²) in [6.07, 6.45) is -2.07. The predicted molar refractivity (Wildman–Crippen MR) is 165 cm³/mol. The normalized spacial score (nSPS) is 17.8. The summed E-state index contributed by atoms with van der Waals surface area (Å²) in [6, 6.07) is 40.1. The maximum absolute atomic E-state index is 6.43. The molecule has 4 atom stereocenters. The molecule has 0 amide bonds. The number of thiocarbonyl (C=S) groups is 1. The standard InChI is InChI=1S/C35H36O6S/c42-35-40-33(31(38-23-29-17-9-3-10-18-29)25-36-21-27-13-5-1-6-14-27)34(41-35)32(39-24-30-19-11-4-12-20-30)26-37-22-28-15-7-2-8-16-28/h1-20,31-34H,21-26H2/t31-,32-,33-,34-/m1/s1. The number of ether oxygens (including phenoxy) is 6. The maximum Gasteiger partial charge on any atom is 0.353 e. The van der Waals surface area contributed by atoms with Crippen molar-refractivity contribution < 1.29 is 28.4 Å². The van der Waals surface area contributed by atoms with Crippen LogP contribution in [0.5, 0.6) is 0 Å². The van der Waals surface area contributed by atoms with Crippen LogP contribution in [0.2, 0.25) is 0 Å². The third-order valence-corrected chi connectivity index (χ3v) is 7.11. The smallest absolute Gasteiger partial charge is 0.353 e. The molecule has 42 heavy (non-hydrogen) atoms. The van der Waals surface area contributed by atoms with Gasteiger partial charge >= 0.3 is 5.24 Å². The molecule has 4 aromatic rings. The second kappa shape index (κ2) is 16.2. The molecular formula is C35H36O6S. The molecule has 0 spiro atoms. The monoisotopic (exact) mass is 584 g/mol. The molecular weight excluding hydrogens is 548 g/mol. The second-order valence-corrected chi connectivity index (χ2v) is 10.4. The number of benzene rings is 4. The van der Waals surface area contributed by atoms with Crippen LogP contribution >= 0.6 is 12.2 Å². The molecule has 218 valence electrons. The van der Waals surface area contributed by atoms with E-state index in [1.54, 1.807) is 0 Å². The van der Waals surface area contributed by atoms with Crippen LogP contribution in [-0.4, -0.2) is 42.9 Å². The van der Waals surface area contributed by atoms with E-state index in [0.717, 1.165) is 22.3 Å². The van der Waals surface area contributed by atoms with Crippen LogP contribution in [0.15, 0.2) is 121 Å². The molecule has 0 bridgehead atoms. The van der Waals surface area contributed by atoms with Gasteiger partial charge in [-0.15, -0.1) is 0 Å². The Kier molecular flexibility index (Phi) is 11.5. The van der Waals surface area contributed by atoms with E-state index in [1.165, 1.54) is 0 Å². The summed E-state index contributed by atoms with van der Waals surface area (Å²) in [6.45, 7) is 2.24. The summed E-state index contributed by atoms with van der Waals surface area (Å²) in [4.78, 5) is 0. The predicted octanol–water partition coefficient (Wildman–Crippen LogP) is 6.66. The van der Waals surface area contributed by atoms with Gasteiger partial charge in [-0.2, -0.15) is 0 Å². The Labute approximate surface area is 253 Å². The molecule has 0 saturated carbocycles. The zero-order valence-electron chi connectivity index (χ0n) is 23.5. The number of hydrogen-bond donors (Lipinski definition) is 0. The highest BCUT2D eigenvalue weighted by atomic mass is 32.1. The van der Waals surface area contributed by atoms with Gasteiger partial charge in [0.25, 0.3) is 0 Å². The lowest BCUT2D eigenvalue weighted by Crippen LogP contribution is -2.47. The van der Waals surface area contributed by atoms with Crippen LogP contribution in [0.1, 0.15) is 22.3 Å². The average Bonchev–Trinajstić information content (AvgIpc) is 3.43. The Balaban J connectivity index is 1.31. The largest absolute Gasteiger partial charge is 0.447 e. The molecule has 0 unspecified atom stereocenters. The summed E-state index contributed by atoms with van der Waals surface area (Å²) < 4.78 is 37.3. The molecule has 1 aliphatic rings. The van der Waals surface area contributed by atoms with E-state index < -0.39 is 24.4 Å². The van der Waals surface area contributed by atoms with Crippen molar-refractivity contribution in [3.8, 4) is 0 Å². The fraction of sp³-hybridized carbons (Fsp3) is 0.286. The number of rotatable bonds is 16. The zero-order chi connectivity index (χ0) is 28.8. The van der Waals surface area contributed by atoms with Gasteiger partial charge < -0.3 is 28.4 Å². The highest BCUT2D eigenvalue weighted by Gasteiger charge is 2.46. The minimum Gasteiger partial charge on any atom is -0.447 e. The maximum atomic E-state index is 6.43. The van der Waals surface area contributed by atoms with Crippen molar-refractivity contribution in [1.82, 2.24) is 0 Å². The van der Waals surface area contributed by atoms with Crippen molar-refractivity contribution in [2.75, 3.05) is 13.2 Å². The van der Waals surface area contributed by atoms with E-state index in [9.17, 15) is 0 Å². The molecule has 0 aromatic heterocycles. The Morgan fingerprint density at radius 2 is 0.786 bits per heavy atom. The highest BCUT2D eigenvalue weighted by Crippen LogP contribution is 2.27. The van der Waals surface area contributed by atoms with Crippen LogP contribution < -0.4 is 0 Å². The van der Waals surface area contributed by atoms with Gasteiger partial charge in [-0.3, -0.25) is 0 Å². The summed E-state index contributed by atoms with van der Waals surface area (Å²) in [5.41, 5.74) is 4.25. The minimum atomic E-state index is -0.557. The van der Waals surface area contributed by atoms with Gasteiger partial charge in [-0.25, -0.2) is 0 Å². The Bertz CT molecular complexity index is 1220. The van der Waals surface area contributed by atoms with Gasteiger partial charge in [0.2, 0.25) is 0 Å². The first-order valence-electron chi connectivity index (χ1n) is 14.2. The zero-order valence-corrected chi connectivity index (χ0v) is 24.3. The third kappa shape index (κ3) is 9.21. The Hall–Kier alpha value is -3.59. The van der Waals surface area contributed by atoms with E-state index in [2.05, 4.69) is 0 Å². The van der Waals surface area contributed by atoms with Crippen LogP contribution in [0.3, 0.4) is 0 Å². The molecule has 0 radical (unpaired) electrons. The van der Waals surface area contributed by atoms with E-state index in [0.29, 0.717) is 26.4 Å². The van der Waals surface area contributed by atoms with Crippen LogP contribution in [0.4, 0.5) is 0 Å². The van der Waals surface area contributed by atoms with Gasteiger partial charge in [-0.05, 0) is 22.3 Å². The lowest BCUT2D eigenvalue weighted by atomic mass is 10.0. The van der Waals surface area contributed by atoms with Gasteiger partial charge in [0.1, 0.15) is 12.2 Å². The summed E-state index contributed by atoms with van der Waals surface area (Å²) in [7, 11) is 0. The highest BCUT2D eigenvalue weighted by molar-refractivity contribution is 7.79. The SMILES string of the molecule is S=C1O[C@H]([C@@H](COCc2ccccc2)OCc2ccccc2)[C@@H]([C@@H](COCc2ccccc2)OCc2ccccc2)O1. The molecule has 1 fully saturated rings. The van der Waals surface area contributed by atoms with Gasteiger partial charge in [0.05, 0.1) is 39.6 Å². The van der Waals surface area contributed by atoms with Gasteiger partial charge in [-0.1, -0.05) is 121 Å². The average molecular weight is 585 g/mol. The van der Waals surface area contributed by atoms with Crippen molar-refractivity contribution in [2.45, 2.75) is 50.8 Å². The molecule has 0 N–H and O–H groups in total. The summed E-state index contributed by atoms with van der Waals surface area (Å²) in [5.74, 6) is 0. The lowest BCUT2D eigenvalue weighted by molar-refractivity contribution is -0.130. The molecule has 0 aliphatic carbocycles. The molecule has 1 saturated heterocycles. The summed E-state index contributed by atoms with van der Waals surface area (Å²) >= 11 is 5.41. The van der Waals surface area contributed by atoms with E-state index in [1.807, 2.05) is 121 Å². The van der Waals surface area contributed by atoms with Crippen molar-refractivity contribution in [3.63, 3.8) is 0 Å². The van der Waals surface area contributed by atoms with Crippen LogP contribution in [0, 0.1) is 0 Å². The molecule has 6 nitrogen and oxygen atoms in total. The fourth-order valence-corrected chi connectivity index (χ4v) is 4.95. The van der Waals surface area contributed by atoms with Crippen LogP contribution in [-0.2, 0) is 54.8 Å². The quantitative estimate of drug-likeness (QED) is 0.137.